The van der Waals surface area contributed by atoms with Crippen molar-refractivity contribution < 1.29 is 14.4 Å². The molecule has 0 unspecified atom stereocenters. The summed E-state index contributed by atoms with van der Waals surface area (Å²) < 4.78 is 5.29. The van der Waals surface area contributed by atoms with E-state index in [2.05, 4.69) is 11.0 Å². The Morgan fingerprint density at radius 2 is 2.20 bits per heavy atom. The van der Waals surface area contributed by atoms with E-state index in [4.69, 9.17) is 9.57 Å². The minimum absolute atomic E-state index is 0.270. The topological polar surface area (TPSA) is 51.1 Å². The Bertz CT molecular complexity index is 507. The SMILES string of the molecule is CCON=C=C1CCCN1C(=O)OCc1ccccc1. The monoisotopic (exact) mass is 274 g/mol. The Morgan fingerprint density at radius 3 is 2.95 bits per heavy atom. The lowest BCUT2D eigenvalue weighted by atomic mass is 10.2. The largest absolute Gasteiger partial charge is 0.444 e. The van der Waals surface area contributed by atoms with E-state index in [0.717, 1.165) is 24.1 Å². The standard InChI is InChI=1S/C15H18N2O3/c1-2-20-16-11-14-9-6-10-17(14)15(18)19-12-13-7-4-3-5-8-13/h3-5,7-8H,2,6,9-10,12H2,1H3. The van der Waals surface area contributed by atoms with Crippen LogP contribution in [0.2, 0.25) is 0 Å². The third-order valence-electron chi connectivity index (χ3n) is 2.91. The Hall–Kier alpha value is -2.26. The van der Waals surface area contributed by atoms with Crippen LogP contribution >= 0.6 is 0 Å². The number of ether oxygens (including phenoxy) is 1. The summed E-state index contributed by atoms with van der Waals surface area (Å²) in [6.07, 6.45) is 1.29. The average Bonchev–Trinajstić information content (AvgIpc) is 2.95. The van der Waals surface area contributed by atoms with Crippen LogP contribution in [-0.2, 0) is 16.2 Å². The molecule has 0 radical (unpaired) electrons. The van der Waals surface area contributed by atoms with Crippen LogP contribution in [0.4, 0.5) is 4.79 Å². The lowest BCUT2D eigenvalue weighted by molar-refractivity contribution is 0.111. The van der Waals surface area contributed by atoms with Gasteiger partial charge in [-0.3, -0.25) is 4.90 Å². The van der Waals surface area contributed by atoms with E-state index in [9.17, 15) is 4.79 Å². The summed E-state index contributed by atoms with van der Waals surface area (Å²) in [6.45, 7) is 3.23. The molecule has 0 N–H and O–H groups in total. The third-order valence-corrected chi connectivity index (χ3v) is 2.91. The van der Waals surface area contributed by atoms with Gasteiger partial charge in [0.05, 0.1) is 11.6 Å². The Balaban J connectivity index is 1.93. The molecule has 0 aromatic heterocycles. The van der Waals surface area contributed by atoms with Crippen molar-refractivity contribution >= 4 is 12.0 Å². The lowest BCUT2D eigenvalue weighted by Gasteiger charge is -2.15. The molecular formula is C15H18N2O3. The summed E-state index contributed by atoms with van der Waals surface area (Å²) in [5, 5.41) is 3.69. The molecule has 0 atom stereocenters. The number of nitrogens with zero attached hydrogens (tertiary/aromatic N) is 2. The first-order valence-electron chi connectivity index (χ1n) is 6.73. The summed E-state index contributed by atoms with van der Waals surface area (Å²) >= 11 is 0. The van der Waals surface area contributed by atoms with Gasteiger partial charge < -0.3 is 9.57 Å². The van der Waals surface area contributed by atoms with Gasteiger partial charge in [-0.15, -0.1) is 0 Å². The van der Waals surface area contributed by atoms with Gasteiger partial charge in [0.15, 0.2) is 0 Å². The van der Waals surface area contributed by atoms with Gasteiger partial charge in [0.2, 0.25) is 0 Å². The Kier molecular flexibility index (Phi) is 5.21. The van der Waals surface area contributed by atoms with E-state index in [1.165, 1.54) is 0 Å². The maximum atomic E-state index is 12.0. The van der Waals surface area contributed by atoms with Gasteiger partial charge in [-0.2, -0.15) is 0 Å². The molecule has 1 aromatic rings. The van der Waals surface area contributed by atoms with Crippen molar-refractivity contribution in [3.63, 3.8) is 0 Å². The number of amides is 1. The molecule has 1 fully saturated rings. The summed E-state index contributed by atoms with van der Waals surface area (Å²) in [5.41, 5.74) is 1.69. The molecule has 0 aliphatic carbocycles. The van der Waals surface area contributed by atoms with Crippen LogP contribution in [0.15, 0.2) is 41.2 Å². The normalized spacial score (nSPS) is 13.8. The van der Waals surface area contributed by atoms with Crippen molar-refractivity contribution in [1.82, 2.24) is 4.90 Å². The molecule has 2 rings (SSSR count). The van der Waals surface area contributed by atoms with Crippen molar-refractivity contribution in [3.8, 4) is 0 Å². The fourth-order valence-corrected chi connectivity index (χ4v) is 1.94. The molecule has 1 amide bonds. The highest BCUT2D eigenvalue weighted by Crippen LogP contribution is 2.19. The second-order valence-electron chi connectivity index (χ2n) is 4.36. The van der Waals surface area contributed by atoms with E-state index in [-0.39, 0.29) is 12.7 Å². The van der Waals surface area contributed by atoms with Crippen LogP contribution in [0, 0.1) is 0 Å². The molecule has 0 saturated carbocycles. The highest BCUT2D eigenvalue weighted by molar-refractivity contribution is 5.75. The highest BCUT2D eigenvalue weighted by Gasteiger charge is 2.25. The summed E-state index contributed by atoms with van der Waals surface area (Å²) in [6, 6.07) is 9.60. The molecule has 20 heavy (non-hydrogen) atoms. The zero-order valence-electron chi connectivity index (χ0n) is 11.5. The quantitative estimate of drug-likeness (QED) is 0.626. The third kappa shape index (κ3) is 3.87. The number of carbonyl (C=O) groups excluding carboxylic acids is 1. The van der Waals surface area contributed by atoms with Crippen molar-refractivity contribution in [2.75, 3.05) is 13.2 Å². The average molecular weight is 274 g/mol. The molecule has 1 aromatic carbocycles. The van der Waals surface area contributed by atoms with E-state index in [1.807, 2.05) is 37.3 Å². The van der Waals surface area contributed by atoms with E-state index in [0.29, 0.717) is 13.2 Å². The predicted octanol–water partition coefficient (Wildman–Crippen LogP) is 2.92. The number of likely N-dealkylation sites (tertiary alicyclic amines) is 1. The number of hydrogen-bond acceptors (Lipinski definition) is 4. The van der Waals surface area contributed by atoms with Gasteiger partial charge in [0, 0.05) is 6.54 Å². The minimum Gasteiger partial charge on any atom is -0.444 e. The van der Waals surface area contributed by atoms with Gasteiger partial charge in [0.25, 0.3) is 0 Å². The smallest absolute Gasteiger partial charge is 0.414 e. The highest BCUT2D eigenvalue weighted by atomic mass is 16.6. The van der Waals surface area contributed by atoms with Gasteiger partial charge in [-0.25, -0.2) is 4.79 Å². The number of rotatable bonds is 4. The summed E-state index contributed by atoms with van der Waals surface area (Å²) in [5.74, 6) is 2.76. The second-order valence-corrected chi connectivity index (χ2v) is 4.36. The zero-order chi connectivity index (χ0) is 14.2. The maximum absolute atomic E-state index is 12.0. The summed E-state index contributed by atoms with van der Waals surface area (Å²) in [7, 11) is 0. The van der Waals surface area contributed by atoms with Crippen molar-refractivity contribution in [3.05, 3.63) is 41.6 Å². The van der Waals surface area contributed by atoms with Gasteiger partial charge in [-0.05, 0) is 30.5 Å². The minimum atomic E-state index is -0.361. The Morgan fingerprint density at radius 1 is 1.40 bits per heavy atom. The first-order valence-corrected chi connectivity index (χ1v) is 6.73. The van der Waals surface area contributed by atoms with Crippen LogP contribution in [0.1, 0.15) is 25.3 Å². The van der Waals surface area contributed by atoms with Gasteiger partial charge in [-0.1, -0.05) is 30.3 Å². The zero-order valence-corrected chi connectivity index (χ0v) is 11.5. The van der Waals surface area contributed by atoms with Crippen LogP contribution in [0.5, 0.6) is 0 Å². The van der Waals surface area contributed by atoms with Crippen molar-refractivity contribution in [2.24, 2.45) is 5.16 Å². The predicted molar refractivity (Wildman–Crippen MR) is 75.1 cm³/mol. The second kappa shape index (κ2) is 7.36. The number of carbonyl (C=O) groups is 1. The first-order chi connectivity index (χ1) is 9.81. The molecule has 1 heterocycles. The molecule has 0 spiro atoms. The van der Waals surface area contributed by atoms with Crippen LogP contribution in [-0.4, -0.2) is 30.0 Å². The number of allylic oxidation sites excluding steroid dienone is 1. The van der Waals surface area contributed by atoms with E-state index >= 15 is 0 Å². The first kappa shape index (κ1) is 14.2. The molecule has 1 aliphatic rings. The van der Waals surface area contributed by atoms with Gasteiger partial charge in [0.1, 0.15) is 13.2 Å². The van der Waals surface area contributed by atoms with Crippen molar-refractivity contribution in [1.29, 1.82) is 0 Å². The van der Waals surface area contributed by atoms with Crippen LogP contribution in [0.3, 0.4) is 0 Å². The van der Waals surface area contributed by atoms with Crippen LogP contribution in [0.25, 0.3) is 0 Å². The van der Waals surface area contributed by atoms with Gasteiger partial charge >= 0.3 is 6.09 Å². The molecule has 1 aliphatic heterocycles. The summed E-state index contributed by atoms with van der Waals surface area (Å²) in [4.78, 5) is 18.5. The molecule has 0 bridgehead atoms. The molecule has 106 valence electrons. The molecule has 5 nitrogen and oxygen atoms in total. The fourth-order valence-electron chi connectivity index (χ4n) is 1.94. The Labute approximate surface area is 118 Å². The van der Waals surface area contributed by atoms with Crippen molar-refractivity contribution in [2.45, 2.75) is 26.4 Å². The molecule has 5 heteroatoms. The maximum Gasteiger partial charge on any atom is 0.414 e. The molecule has 1 saturated heterocycles. The number of hydrogen-bond donors (Lipinski definition) is 0. The van der Waals surface area contributed by atoms with Crippen LogP contribution < -0.4 is 0 Å². The molecular weight excluding hydrogens is 256 g/mol. The fraction of sp³-hybridized carbons (Fsp3) is 0.400. The lowest BCUT2D eigenvalue weighted by Crippen LogP contribution is -2.27. The van der Waals surface area contributed by atoms with E-state index < -0.39 is 0 Å². The van der Waals surface area contributed by atoms with E-state index in [1.54, 1.807) is 4.90 Å². The number of benzene rings is 1.